The summed E-state index contributed by atoms with van der Waals surface area (Å²) < 4.78 is 5.40. The Bertz CT molecular complexity index is 1760. The number of amides is 3. The molecule has 0 saturated carbocycles. The molecular weight excluding hydrogens is 662 g/mol. The van der Waals surface area contributed by atoms with Gasteiger partial charge in [0, 0.05) is 37.8 Å². The molecule has 15 heteroatoms. The Balaban J connectivity index is 1.44. The van der Waals surface area contributed by atoms with Crippen molar-refractivity contribution >= 4 is 29.5 Å². The fourth-order valence-electron chi connectivity index (χ4n) is 7.66. The lowest BCUT2D eigenvalue weighted by Gasteiger charge is -2.50. The maximum Gasteiger partial charge on any atom is 0.410 e. The average Bonchev–Trinajstić information content (AvgIpc) is 3.05. The van der Waals surface area contributed by atoms with E-state index in [1.54, 1.807) is 57.4 Å². The van der Waals surface area contributed by atoms with Crippen molar-refractivity contribution in [1.29, 1.82) is 0 Å². The highest BCUT2D eigenvalue weighted by molar-refractivity contribution is 6.22. The minimum absolute atomic E-state index is 0.00919. The largest absolute Gasteiger partial charge is 0.508 e. The molecule has 5 rings (SSSR count). The van der Waals surface area contributed by atoms with Crippen molar-refractivity contribution in [3.05, 3.63) is 81.8 Å². The van der Waals surface area contributed by atoms with E-state index in [-0.39, 0.29) is 31.6 Å². The molecule has 0 fully saturated rings. The summed E-state index contributed by atoms with van der Waals surface area (Å²) in [6, 6.07) is 6.40. The smallest absolute Gasteiger partial charge is 0.410 e. The van der Waals surface area contributed by atoms with Crippen molar-refractivity contribution in [2.24, 2.45) is 17.6 Å². The molecule has 0 heterocycles. The number of allylic oxidation sites excluding steroid dienone is 2. The number of Topliss-reactive ketones (excluding diaryl/α,β-unsaturated/α-hetero) is 2. The molecule has 3 amide bonds. The van der Waals surface area contributed by atoms with Gasteiger partial charge in [-0.25, -0.2) is 4.79 Å². The summed E-state index contributed by atoms with van der Waals surface area (Å²) in [6.45, 7) is 1.52. The number of carbonyl (C=O) groups is 5. The second kappa shape index (κ2) is 14.1. The normalized spacial score (nSPS) is 26.8. The maximum absolute atomic E-state index is 14.3. The predicted octanol–water partition coefficient (Wildman–Crippen LogP) is 0.0333. The zero-order valence-corrected chi connectivity index (χ0v) is 29.3. The number of nitrogens with two attached hydrogens (primary N) is 1. The van der Waals surface area contributed by atoms with Gasteiger partial charge in [-0.05, 0) is 62.6 Å². The van der Waals surface area contributed by atoms with E-state index < -0.39 is 88.2 Å². The zero-order valence-electron chi connectivity index (χ0n) is 29.3. The van der Waals surface area contributed by atoms with Crippen LogP contribution in [-0.2, 0) is 30.5 Å². The highest BCUT2D eigenvalue weighted by atomic mass is 16.6. The van der Waals surface area contributed by atoms with Crippen LogP contribution in [-0.4, -0.2) is 129 Å². The number of hydrogen-bond acceptors (Lipinski definition) is 12. The molecule has 5 atom stereocenters. The van der Waals surface area contributed by atoms with Crippen LogP contribution >= 0.6 is 0 Å². The summed E-state index contributed by atoms with van der Waals surface area (Å²) in [5, 5.41) is 48.8. The van der Waals surface area contributed by atoms with E-state index in [2.05, 4.69) is 5.32 Å². The molecule has 0 spiro atoms. The van der Waals surface area contributed by atoms with Crippen LogP contribution in [0.3, 0.4) is 0 Å². The molecular formula is C36H45N5O10. The van der Waals surface area contributed by atoms with E-state index in [0.29, 0.717) is 17.7 Å². The second-order valence-electron chi connectivity index (χ2n) is 13.9. The zero-order chi connectivity index (χ0) is 37.6. The van der Waals surface area contributed by atoms with Gasteiger partial charge < -0.3 is 41.1 Å². The Morgan fingerprint density at radius 3 is 2.31 bits per heavy atom. The van der Waals surface area contributed by atoms with Crippen LogP contribution in [0.15, 0.2) is 76.2 Å². The quantitative estimate of drug-likeness (QED) is 0.140. The molecule has 4 aliphatic rings. The molecule has 274 valence electrons. The van der Waals surface area contributed by atoms with Gasteiger partial charge in [0.2, 0.25) is 11.7 Å². The van der Waals surface area contributed by atoms with Gasteiger partial charge in [-0.2, -0.15) is 0 Å². The first kappa shape index (κ1) is 37.4. The summed E-state index contributed by atoms with van der Waals surface area (Å²) in [5.74, 6) is -9.10. The Hall–Kier alpha value is -4.83. The number of fused-ring (bicyclic) bond motifs is 2. The second-order valence-corrected chi connectivity index (χ2v) is 13.9. The van der Waals surface area contributed by atoms with Crippen LogP contribution in [0.4, 0.5) is 4.79 Å². The van der Waals surface area contributed by atoms with Gasteiger partial charge in [0.05, 0.1) is 11.6 Å². The molecule has 1 unspecified atom stereocenters. The molecule has 0 radical (unpaired) electrons. The van der Waals surface area contributed by atoms with Crippen molar-refractivity contribution in [1.82, 2.24) is 20.0 Å². The van der Waals surface area contributed by atoms with Gasteiger partial charge in [0.15, 0.2) is 11.6 Å². The van der Waals surface area contributed by atoms with Crippen LogP contribution in [0.2, 0.25) is 0 Å². The van der Waals surface area contributed by atoms with Crippen molar-refractivity contribution in [2.45, 2.75) is 56.3 Å². The lowest BCUT2D eigenvalue weighted by atomic mass is 9.59. The third kappa shape index (κ3) is 6.69. The molecule has 1 aromatic rings. The van der Waals surface area contributed by atoms with Gasteiger partial charge >= 0.3 is 6.09 Å². The van der Waals surface area contributed by atoms with E-state index in [9.17, 15) is 44.4 Å². The number of ether oxygens (including phenoxy) is 1. The number of nitrogens with one attached hydrogen (secondary N) is 1. The van der Waals surface area contributed by atoms with E-state index in [0.717, 1.165) is 11.6 Å². The summed E-state index contributed by atoms with van der Waals surface area (Å²) in [7, 11) is 6.54. The first-order valence-electron chi connectivity index (χ1n) is 16.7. The number of ketones is 2. The Kier molecular flexibility index (Phi) is 10.3. The fraction of sp³-hybridized carbons (Fsp3) is 0.472. The molecule has 1 aromatic carbocycles. The Morgan fingerprint density at radius 1 is 1.06 bits per heavy atom. The molecule has 0 aliphatic heterocycles. The van der Waals surface area contributed by atoms with E-state index in [1.807, 2.05) is 13.0 Å². The minimum atomic E-state index is -2.94. The molecule has 51 heavy (non-hydrogen) atoms. The van der Waals surface area contributed by atoms with Crippen LogP contribution in [0, 0.1) is 11.8 Å². The fourth-order valence-corrected chi connectivity index (χ4v) is 7.66. The topological polar surface area (TPSA) is 223 Å². The van der Waals surface area contributed by atoms with Gasteiger partial charge in [0.25, 0.3) is 5.91 Å². The number of carbonyl (C=O) groups excluding carboxylic acids is 5. The van der Waals surface area contributed by atoms with Crippen molar-refractivity contribution in [3.8, 4) is 0 Å². The number of benzene rings is 1. The van der Waals surface area contributed by atoms with Crippen molar-refractivity contribution < 1.29 is 49.1 Å². The van der Waals surface area contributed by atoms with Crippen molar-refractivity contribution in [2.75, 3.05) is 41.3 Å². The van der Waals surface area contributed by atoms with Gasteiger partial charge in [-0.3, -0.25) is 29.0 Å². The Labute approximate surface area is 295 Å². The van der Waals surface area contributed by atoms with Crippen LogP contribution in [0.25, 0.3) is 0 Å². The summed E-state index contributed by atoms with van der Waals surface area (Å²) in [4.78, 5) is 70.6. The lowest BCUT2D eigenvalue weighted by molar-refractivity contribution is -0.158. The monoisotopic (exact) mass is 707 g/mol. The van der Waals surface area contributed by atoms with Crippen LogP contribution in [0.5, 0.6) is 0 Å². The van der Waals surface area contributed by atoms with E-state index >= 15 is 0 Å². The minimum Gasteiger partial charge on any atom is -0.508 e. The van der Waals surface area contributed by atoms with Gasteiger partial charge in [-0.15, -0.1) is 0 Å². The molecule has 0 bridgehead atoms. The highest BCUT2D eigenvalue weighted by Crippen LogP contribution is 2.52. The SMILES string of the molecule is CCCN(CC(=O)NC1C=C(N(C)C)C2=C(C(=O)C3=C[C@@]4(O)C(O)=C(C(N)=O)C(=O)[C@@H](N(C)C)[C@@H]4C[C@@H]3C2)C1(O)O)C(=O)OCc1ccccc1. The summed E-state index contributed by atoms with van der Waals surface area (Å²) >= 11 is 0. The van der Waals surface area contributed by atoms with Gasteiger partial charge in [0.1, 0.15) is 36.1 Å². The third-order valence-corrected chi connectivity index (χ3v) is 10.0. The van der Waals surface area contributed by atoms with Gasteiger partial charge in [-0.1, -0.05) is 37.3 Å². The average molecular weight is 708 g/mol. The third-order valence-electron chi connectivity index (χ3n) is 10.0. The number of rotatable bonds is 10. The first-order valence-corrected chi connectivity index (χ1v) is 16.7. The maximum atomic E-state index is 14.3. The van der Waals surface area contributed by atoms with Crippen LogP contribution < -0.4 is 11.1 Å². The number of primary amides is 1. The number of nitrogens with zero attached hydrogens (tertiary/aromatic N) is 3. The number of aliphatic hydroxyl groups excluding tert-OH is 1. The van der Waals surface area contributed by atoms with E-state index in [1.165, 1.54) is 15.9 Å². The lowest BCUT2D eigenvalue weighted by Crippen LogP contribution is -2.62. The molecule has 15 nitrogen and oxygen atoms in total. The molecule has 4 aliphatic carbocycles. The molecule has 0 saturated heterocycles. The van der Waals surface area contributed by atoms with Crippen LogP contribution in [0.1, 0.15) is 31.7 Å². The van der Waals surface area contributed by atoms with Crippen molar-refractivity contribution in [3.63, 3.8) is 0 Å². The highest BCUT2D eigenvalue weighted by Gasteiger charge is 2.60. The number of aliphatic hydroxyl groups is 4. The van der Waals surface area contributed by atoms with E-state index in [4.69, 9.17) is 10.5 Å². The standard InChI is InChI=1S/C36H45N5O10/c1-6-12-41(34(47)51-18-19-10-8-7-9-11-19)17-26(42)38-25-15-24(39(2)3)21-13-20-14-23-29(40(4)5)31(44)27(33(37)46)32(45)35(23,48)16-22(20)30(43)28(21)36(25,49)50/h7-11,15-16,20,23,25,29,45,48-50H,6,12-14,17-18H2,1-5H3,(H2,37,46)(H,38,42)/t20-,23-,25?,29-,35-/m0/s1. The first-order chi connectivity index (χ1) is 23.9. The summed E-state index contributed by atoms with van der Waals surface area (Å²) in [5.41, 5.74) is 3.30. The summed E-state index contributed by atoms with van der Waals surface area (Å²) in [6.07, 6.45) is 2.39. The number of likely N-dealkylation sites (N-methyl/N-ethyl adjacent to an activating group) is 2. The molecule has 0 aromatic heterocycles. The molecule has 7 N–H and O–H groups in total. The number of hydrogen-bond donors (Lipinski definition) is 6. The predicted molar refractivity (Wildman–Crippen MR) is 182 cm³/mol. The Morgan fingerprint density at radius 2 is 1.73 bits per heavy atom.